The van der Waals surface area contributed by atoms with Crippen LogP contribution in [-0.2, 0) is 14.8 Å². The zero-order chi connectivity index (χ0) is 22.5. The van der Waals surface area contributed by atoms with Crippen LogP contribution in [-0.4, -0.2) is 34.2 Å². The summed E-state index contributed by atoms with van der Waals surface area (Å²) in [7, 11) is -2.09. The lowest BCUT2D eigenvalue weighted by atomic mass is 9.97. The number of hydrogen-bond donors (Lipinski definition) is 1. The Kier molecular flexibility index (Phi) is 8.15. The van der Waals surface area contributed by atoms with Crippen LogP contribution in [0.25, 0.3) is 0 Å². The summed E-state index contributed by atoms with van der Waals surface area (Å²) in [5.74, 6) is 0.674. The molecule has 0 spiro atoms. The number of nitrogens with one attached hydrogen (secondary N) is 1. The molecule has 1 N–H and O–H groups in total. The Labute approximate surface area is 184 Å². The predicted molar refractivity (Wildman–Crippen MR) is 122 cm³/mol. The summed E-state index contributed by atoms with van der Waals surface area (Å²) in [4.78, 5) is 12.9. The lowest BCUT2D eigenvalue weighted by Gasteiger charge is -2.26. The van der Waals surface area contributed by atoms with Crippen LogP contribution in [0.5, 0.6) is 5.75 Å². The first-order valence-electron chi connectivity index (χ1n) is 9.69. The van der Waals surface area contributed by atoms with Gasteiger partial charge in [0, 0.05) is 5.02 Å². The Bertz CT molecular complexity index is 975. The van der Waals surface area contributed by atoms with Crippen molar-refractivity contribution in [2.75, 3.05) is 24.2 Å². The van der Waals surface area contributed by atoms with Gasteiger partial charge in [0.1, 0.15) is 12.3 Å². The molecular formula is C22H29ClN2O4S. The molecule has 0 bridgehead atoms. The number of methoxy groups -OCH3 is 1. The molecule has 6 nitrogen and oxygen atoms in total. The van der Waals surface area contributed by atoms with Gasteiger partial charge < -0.3 is 10.1 Å². The van der Waals surface area contributed by atoms with Crippen molar-refractivity contribution in [2.24, 2.45) is 5.92 Å². The highest BCUT2D eigenvalue weighted by atomic mass is 35.5. The van der Waals surface area contributed by atoms with E-state index in [2.05, 4.69) is 19.2 Å². The van der Waals surface area contributed by atoms with Crippen molar-refractivity contribution >= 4 is 33.2 Å². The number of nitrogens with zero attached hydrogens (tertiary/aromatic N) is 1. The van der Waals surface area contributed by atoms with Crippen molar-refractivity contribution in [2.45, 2.75) is 33.2 Å². The van der Waals surface area contributed by atoms with E-state index in [9.17, 15) is 13.2 Å². The molecule has 2 rings (SSSR count). The molecule has 0 aliphatic rings. The fraction of sp³-hybridized carbons (Fsp3) is 0.409. The highest BCUT2D eigenvalue weighted by molar-refractivity contribution is 7.92. The molecule has 1 amide bonds. The summed E-state index contributed by atoms with van der Waals surface area (Å²) in [6.45, 7) is 5.54. The van der Waals surface area contributed by atoms with Gasteiger partial charge in [0.05, 0.1) is 25.1 Å². The number of carbonyl (C=O) groups excluding carboxylic acids is 1. The van der Waals surface area contributed by atoms with Gasteiger partial charge in [-0.2, -0.15) is 0 Å². The third kappa shape index (κ3) is 6.37. The van der Waals surface area contributed by atoms with E-state index < -0.39 is 10.0 Å². The molecule has 0 aliphatic carbocycles. The lowest BCUT2D eigenvalue weighted by Crippen LogP contribution is -2.42. The molecular weight excluding hydrogens is 424 g/mol. The number of benzene rings is 2. The molecule has 2 aromatic carbocycles. The van der Waals surface area contributed by atoms with Crippen molar-refractivity contribution < 1.29 is 17.9 Å². The minimum Gasteiger partial charge on any atom is -0.497 e. The van der Waals surface area contributed by atoms with Gasteiger partial charge in [-0.3, -0.25) is 9.10 Å². The first kappa shape index (κ1) is 24.0. The molecule has 0 radical (unpaired) electrons. The summed E-state index contributed by atoms with van der Waals surface area (Å²) < 4.78 is 31.1. The van der Waals surface area contributed by atoms with Gasteiger partial charge in [-0.25, -0.2) is 8.42 Å². The van der Waals surface area contributed by atoms with Crippen molar-refractivity contribution in [3.63, 3.8) is 0 Å². The fourth-order valence-electron chi connectivity index (χ4n) is 3.20. The quantitative estimate of drug-likeness (QED) is 0.614. The van der Waals surface area contributed by atoms with Crippen LogP contribution in [0.4, 0.5) is 5.69 Å². The van der Waals surface area contributed by atoms with Crippen LogP contribution in [0.2, 0.25) is 5.02 Å². The van der Waals surface area contributed by atoms with E-state index in [0.29, 0.717) is 28.6 Å². The molecule has 30 heavy (non-hydrogen) atoms. The Balaban J connectivity index is 2.27. The summed E-state index contributed by atoms with van der Waals surface area (Å²) in [5, 5.41) is 3.43. The smallest absolute Gasteiger partial charge is 0.241 e. The van der Waals surface area contributed by atoms with E-state index >= 15 is 0 Å². The van der Waals surface area contributed by atoms with E-state index in [1.807, 2.05) is 24.3 Å². The maximum absolute atomic E-state index is 12.9. The number of ether oxygens (including phenoxy) is 1. The molecule has 0 heterocycles. The van der Waals surface area contributed by atoms with Gasteiger partial charge in [0.2, 0.25) is 15.9 Å². The molecule has 1 atom stereocenters. The zero-order valence-corrected chi connectivity index (χ0v) is 19.5. The van der Waals surface area contributed by atoms with Crippen LogP contribution >= 0.6 is 11.6 Å². The summed E-state index contributed by atoms with van der Waals surface area (Å²) in [5.41, 5.74) is 1.93. The number of carbonyl (C=O) groups is 1. The SMILES string of the molecule is COc1ccc([C@H](CC(C)C)NC(=O)CN(c2cccc(Cl)c2C)S(C)(=O)=O)cc1. The second-order valence-electron chi connectivity index (χ2n) is 7.68. The highest BCUT2D eigenvalue weighted by Crippen LogP contribution is 2.28. The number of hydrogen-bond acceptors (Lipinski definition) is 4. The predicted octanol–water partition coefficient (Wildman–Crippen LogP) is 4.33. The first-order chi connectivity index (χ1) is 14.0. The van der Waals surface area contributed by atoms with Gasteiger partial charge in [-0.05, 0) is 54.7 Å². The number of anilines is 1. The Morgan fingerprint density at radius 2 is 1.80 bits per heavy atom. The molecule has 0 fully saturated rings. The summed E-state index contributed by atoms with van der Waals surface area (Å²) in [6.07, 6.45) is 1.79. The highest BCUT2D eigenvalue weighted by Gasteiger charge is 2.25. The number of sulfonamides is 1. The van der Waals surface area contributed by atoms with Gasteiger partial charge in [0.15, 0.2) is 0 Å². The molecule has 0 saturated carbocycles. The Hall–Kier alpha value is -2.25. The third-order valence-corrected chi connectivity index (χ3v) is 6.29. The number of rotatable bonds is 9. The fourth-order valence-corrected chi connectivity index (χ4v) is 4.28. The molecule has 0 aromatic heterocycles. The number of amides is 1. The maximum atomic E-state index is 12.9. The largest absolute Gasteiger partial charge is 0.497 e. The number of halogens is 1. The van der Waals surface area contributed by atoms with Gasteiger partial charge in [0.25, 0.3) is 0 Å². The second-order valence-corrected chi connectivity index (χ2v) is 9.99. The zero-order valence-electron chi connectivity index (χ0n) is 18.0. The van der Waals surface area contributed by atoms with Crippen molar-refractivity contribution in [1.82, 2.24) is 5.32 Å². The van der Waals surface area contributed by atoms with Crippen LogP contribution in [0.1, 0.15) is 37.4 Å². The third-order valence-electron chi connectivity index (χ3n) is 4.76. The van der Waals surface area contributed by atoms with E-state index in [1.54, 1.807) is 32.2 Å². The maximum Gasteiger partial charge on any atom is 0.241 e. The average Bonchev–Trinajstić information content (AvgIpc) is 2.67. The second kappa shape index (κ2) is 10.2. The monoisotopic (exact) mass is 452 g/mol. The Morgan fingerprint density at radius 1 is 1.17 bits per heavy atom. The van der Waals surface area contributed by atoms with E-state index in [0.717, 1.165) is 21.9 Å². The van der Waals surface area contributed by atoms with Crippen LogP contribution in [0, 0.1) is 12.8 Å². The van der Waals surface area contributed by atoms with Crippen LogP contribution in [0.15, 0.2) is 42.5 Å². The van der Waals surface area contributed by atoms with E-state index in [1.165, 1.54) is 0 Å². The van der Waals surface area contributed by atoms with Gasteiger partial charge >= 0.3 is 0 Å². The lowest BCUT2D eigenvalue weighted by molar-refractivity contribution is -0.120. The molecule has 2 aromatic rings. The molecule has 164 valence electrons. The molecule has 0 aliphatic heterocycles. The standard InChI is InChI=1S/C22H29ClN2O4S/c1-15(2)13-20(17-9-11-18(29-4)12-10-17)24-22(26)14-25(30(5,27)28)21-8-6-7-19(23)16(21)3/h6-12,15,20H,13-14H2,1-5H3,(H,24,26)/t20-/m0/s1. The molecule has 8 heteroatoms. The van der Waals surface area contributed by atoms with Gasteiger partial charge in [-0.15, -0.1) is 0 Å². The normalized spacial score (nSPS) is 12.5. The minimum absolute atomic E-state index is 0.245. The van der Waals surface area contributed by atoms with Crippen LogP contribution in [0.3, 0.4) is 0 Å². The average molecular weight is 453 g/mol. The Morgan fingerprint density at radius 3 is 2.33 bits per heavy atom. The van der Waals surface area contributed by atoms with E-state index in [-0.39, 0.29) is 18.5 Å². The topological polar surface area (TPSA) is 75.7 Å². The van der Waals surface area contributed by atoms with E-state index in [4.69, 9.17) is 16.3 Å². The summed E-state index contributed by atoms with van der Waals surface area (Å²) in [6, 6.07) is 12.2. The molecule has 0 unspecified atom stereocenters. The first-order valence-corrected chi connectivity index (χ1v) is 11.9. The van der Waals surface area contributed by atoms with Crippen molar-refractivity contribution in [1.29, 1.82) is 0 Å². The van der Waals surface area contributed by atoms with Gasteiger partial charge in [-0.1, -0.05) is 43.6 Å². The minimum atomic E-state index is -3.69. The van der Waals surface area contributed by atoms with Crippen molar-refractivity contribution in [3.8, 4) is 5.75 Å². The summed E-state index contributed by atoms with van der Waals surface area (Å²) >= 11 is 6.16. The molecule has 0 saturated heterocycles. The van der Waals surface area contributed by atoms with Crippen LogP contribution < -0.4 is 14.4 Å². The van der Waals surface area contributed by atoms with Crippen molar-refractivity contribution in [3.05, 3.63) is 58.6 Å².